The van der Waals surface area contributed by atoms with Crippen LogP contribution in [0.25, 0.3) is 111 Å². The Labute approximate surface area is 358 Å². The highest BCUT2D eigenvalue weighted by molar-refractivity contribution is 6.26. The molecule has 62 heavy (non-hydrogen) atoms. The number of rotatable bonds is 7. The molecule has 5 heteroatoms. The Morgan fingerprint density at radius 3 is 1.48 bits per heavy atom. The van der Waals surface area contributed by atoms with Gasteiger partial charge in [0.1, 0.15) is 0 Å². The second-order valence-corrected chi connectivity index (χ2v) is 15.6. The zero-order valence-electron chi connectivity index (χ0n) is 33.6. The van der Waals surface area contributed by atoms with Crippen molar-refractivity contribution in [2.24, 2.45) is 0 Å². The predicted octanol–water partition coefficient (Wildman–Crippen LogP) is 14.4. The number of benzene rings is 9. The maximum atomic E-state index is 5.39. The molecule has 0 N–H and O–H groups in total. The lowest BCUT2D eigenvalue weighted by Gasteiger charge is -2.16. The Hall–Kier alpha value is -8.41. The molecule has 0 saturated heterocycles. The molecule has 0 saturated carbocycles. The quantitative estimate of drug-likeness (QED) is 0.162. The van der Waals surface area contributed by atoms with Gasteiger partial charge < -0.3 is 4.57 Å². The second kappa shape index (κ2) is 14.7. The van der Waals surface area contributed by atoms with Gasteiger partial charge in [0.25, 0.3) is 0 Å². The van der Waals surface area contributed by atoms with Gasteiger partial charge in [-0.15, -0.1) is 0 Å². The highest BCUT2D eigenvalue weighted by Crippen LogP contribution is 2.44. The normalized spacial score (nSPS) is 11.5. The zero-order chi connectivity index (χ0) is 41.0. The summed E-state index contributed by atoms with van der Waals surface area (Å²) in [5, 5.41) is 4.54. The maximum Gasteiger partial charge on any atom is 0.238 e. The van der Waals surface area contributed by atoms with E-state index in [-0.39, 0.29) is 0 Å². The lowest BCUT2D eigenvalue weighted by molar-refractivity contribution is 0.955. The monoisotopic (exact) mass is 791 g/mol. The summed E-state index contributed by atoms with van der Waals surface area (Å²) < 4.78 is 4.71. The van der Waals surface area contributed by atoms with Crippen molar-refractivity contribution in [1.29, 1.82) is 0 Å². The van der Waals surface area contributed by atoms with Crippen LogP contribution in [0.5, 0.6) is 0 Å². The Kier molecular flexibility index (Phi) is 8.42. The maximum absolute atomic E-state index is 5.39. The number of nitrogens with zero attached hydrogens (tertiary/aromatic N) is 5. The molecule has 0 aliphatic rings. The molecule has 0 bridgehead atoms. The Balaban J connectivity index is 1.18. The first-order valence-electron chi connectivity index (χ1n) is 21.0. The molecule has 0 aliphatic carbocycles. The molecule has 9 aromatic carbocycles. The van der Waals surface area contributed by atoms with E-state index in [2.05, 4.69) is 209 Å². The average molecular weight is 792 g/mol. The zero-order valence-corrected chi connectivity index (χ0v) is 33.6. The summed E-state index contributed by atoms with van der Waals surface area (Å²) in [4.78, 5) is 15.9. The molecule has 0 spiro atoms. The molecule has 0 fully saturated rings. The van der Waals surface area contributed by atoms with E-state index in [0.29, 0.717) is 17.6 Å². The van der Waals surface area contributed by atoms with Crippen LogP contribution in [0, 0.1) is 0 Å². The van der Waals surface area contributed by atoms with Crippen LogP contribution in [0.15, 0.2) is 224 Å². The van der Waals surface area contributed by atoms with Crippen LogP contribution in [-0.2, 0) is 0 Å². The van der Waals surface area contributed by atoms with Gasteiger partial charge >= 0.3 is 0 Å². The van der Waals surface area contributed by atoms with Crippen LogP contribution in [0.2, 0.25) is 0 Å². The van der Waals surface area contributed by atoms with Gasteiger partial charge in [-0.3, -0.25) is 4.57 Å². The molecular formula is C57H37N5. The van der Waals surface area contributed by atoms with Gasteiger partial charge in [-0.1, -0.05) is 194 Å². The van der Waals surface area contributed by atoms with Crippen molar-refractivity contribution in [2.45, 2.75) is 0 Å². The van der Waals surface area contributed by atoms with E-state index >= 15 is 0 Å². The molecule has 3 aromatic heterocycles. The lowest BCUT2D eigenvalue weighted by Crippen LogP contribution is -2.06. The summed E-state index contributed by atoms with van der Waals surface area (Å²) in [6.45, 7) is 0. The minimum atomic E-state index is 0.561. The van der Waals surface area contributed by atoms with Crippen LogP contribution in [0.1, 0.15) is 0 Å². The van der Waals surface area contributed by atoms with Gasteiger partial charge in [-0.05, 0) is 58.1 Å². The van der Waals surface area contributed by atoms with E-state index in [1.807, 2.05) is 24.3 Å². The Bertz CT molecular complexity index is 3610. The molecule has 5 nitrogen and oxygen atoms in total. The summed E-state index contributed by atoms with van der Waals surface area (Å²) in [6.07, 6.45) is 0. The first-order chi connectivity index (χ1) is 30.8. The molecule has 3 heterocycles. The fraction of sp³-hybridized carbons (Fsp3) is 0. The average Bonchev–Trinajstić information content (AvgIpc) is 3.88. The minimum Gasteiger partial charge on any atom is -0.309 e. The van der Waals surface area contributed by atoms with Gasteiger partial charge in [0.05, 0.1) is 27.8 Å². The molecule has 290 valence electrons. The van der Waals surface area contributed by atoms with E-state index in [4.69, 9.17) is 15.0 Å². The summed E-state index contributed by atoms with van der Waals surface area (Å²) in [7, 11) is 0. The number of hydrogen-bond acceptors (Lipinski definition) is 3. The van der Waals surface area contributed by atoms with Crippen molar-refractivity contribution in [2.75, 3.05) is 0 Å². The summed E-state index contributed by atoms with van der Waals surface area (Å²) in [6, 6.07) is 79.3. The highest BCUT2D eigenvalue weighted by atomic mass is 15.2. The van der Waals surface area contributed by atoms with Crippen LogP contribution in [0.4, 0.5) is 0 Å². The third-order valence-electron chi connectivity index (χ3n) is 12.0. The van der Waals surface area contributed by atoms with E-state index in [1.165, 1.54) is 5.56 Å². The molecule has 0 unspecified atom stereocenters. The summed E-state index contributed by atoms with van der Waals surface area (Å²) >= 11 is 0. The molecule has 0 atom stereocenters. The van der Waals surface area contributed by atoms with E-state index in [9.17, 15) is 0 Å². The number of aromatic nitrogens is 5. The fourth-order valence-electron chi connectivity index (χ4n) is 9.14. The largest absolute Gasteiger partial charge is 0.309 e. The predicted molar refractivity (Wildman–Crippen MR) is 256 cm³/mol. The standard InChI is InChI=1S/C57H37N5/c1-5-18-38(19-6-1)42-26-17-27-44(36-42)56-58-55(41-24-11-4-12-25-41)59-57(60-56)62-49-30-15-13-28-46(49)47-34-35-51-53(54(47)62)48-29-14-16-31-50(48)61(51)52-37-43(39-20-7-2-8-21-39)32-33-45(52)40-22-9-3-10-23-40/h1-37H. The van der Waals surface area contributed by atoms with Crippen LogP contribution in [-0.4, -0.2) is 24.1 Å². The van der Waals surface area contributed by atoms with Crippen molar-refractivity contribution >= 4 is 43.6 Å². The molecular weight excluding hydrogens is 755 g/mol. The van der Waals surface area contributed by atoms with Crippen LogP contribution >= 0.6 is 0 Å². The van der Waals surface area contributed by atoms with Crippen molar-refractivity contribution in [1.82, 2.24) is 24.1 Å². The summed E-state index contributed by atoms with van der Waals surface area (Å²) in [5.74, 6) is 1.78. The van der Waals surface area contributed by atoms with Crippen LogP contribution in [0.3, 0.4) is 0 Å². The van der Waals surface area contributed by atoms with Crippen molar-refractivity contribution in [3.05, 3.63) is 224 Å². The molecule has 0 amide bonds. The topological polar surface area (TPSA) is 48.5 Å². The Morgan fingerprint density at radius 1 is 0.290 bits per heavy atom. The lowest BCUT2D eigenvalue weighted by atomic mass is 9.98. The summed E-state index contributed by atoms with van der Waals surface area (Å²) in [5.41, 5.74) is 14.1. The van der Waals surface area contributed by atoms with Crippen molar-refractivity contribution < 1.29 is 0 Å². The smallest absolute Gasteiger partial charge is 0.238 e. The van der Waals surface area contributed by atoms with Crippen molar-refractivity contribution in [3.8, 4) is 67.8 Å². The van der Waals surface area contributed by atoms with E-state index in [0.717, 1.165) is 88.2 Å². The van der Waals surface area contributed by atoms with Gasteiger partial charge in [0, 0.05) is 38.2 Å². The van der Waals surface area contributed by atoms with E-state index in [1.54, 1.807) is 0 Å². The fourth-order valence-corrected chi connectivity index (χ4v) is 9.14. The van der Waals surface area contributed by atoms with E-state index < -0.39 is 0 Å². The van der Waals surface area contributed by atoms with Gasteiger partial charge in [-0.25, -0.2) is 4.98 Å². The number of fused-ring (bicyclic) bond motifs is 7. The van der Waals surface area contributed by atoms with Crippen LogP contribution < -0.4 is 0 Å². The molecule has 12 rings (SSSR count). The first-order valence-corrected chi connectivity index (χ1v) is 21.0. The highest BCUT2D eigenvalue weighted by Gasteiger charge is 2.24. The van der Waals surface area contributed by atoms with Gasteiger partial charge in [-0.2, -0.15) is 9.97 Å². The third-order valence-corrected chi connectivity index (χ3v) is 12.0. The molecule has 12 aromatic rings. The van der Waals surface area contributed by atoms with Gasteiger partial charge in [0.15, 0.2) is 11.6 Å². The molecule has 0 radical (unpaired) electrons. The minimum absolute atomic E-state index is 0.561. The Morgan fingerprint density at radius 2 is 0.806 bits per heavy atom. The second-order valence-electron chi connectivity index (χ2n) is 15.6. The number of hydrogen-bond donors (Lipinski definition) is 0. The SMILES string of the molecule is c1ccc(-c2cccc(-c3nc(-c4ccccc4)nc(-n4c5ccccc5c5ccc6c(c7ccccc7n6-c6cc(-c7ccccc7)ccc6-c6ccccc6)c54)n3)c2)cc1. The van der Waals surface area contributed by atoms with Gasteiger partial charge in [0.2, 0.25) is 5.95 Å². The van der Waals surface area contributed by atoms with Crippen molar-refractivity contribution in [3.63, 3.8) is 0 Å². The third kappa shape index (κ3) is 5.90. The first kappa shape index (κ1) is 35.5. The number of para-hydroxylation sites is 2. The molecule has 0 aliphatic heterocycles.